The molecule has 22 heavy (non-hydrogen) atoms. The van der Waals surface area contributed by atoms with Gasteiger partial charge in [-0.1, -0.05) is 0 Å². The summed E-state index contributed by atoms with van der Waals surface area (Å²) in [6, 6.07) is 3.78. The van der Waals surface area contributed by atoms with E-state index in [2.05, 4.69) is 10.3 Å². The Kier molecular flexibility index (Phi) is 4.02. The maximum Gasteiger partial charge on any atom is 0.275 e. The van der Waals surface area contributed by atoms with Gasteiger partial charge in [0.15, 0.2) is 0 Å². The summed E-state index contributed by atoms with van der Waals surface area (Å²) in [6.45, 7) is 6.35. The molecule has 0 spiro atoms. The molecular weight excluding hydrogens is 300 g/mol. The van der Waals surface area contributed by atoms with Crippen molar-refractivity contribution in [2.24, 2.45) is 0 Å². The van der Waals surface area contributed by atoms with E-state index in [1.807, 2.05) is 32.9 Å². The number of fused-ring (bicyclic) bond motifs is 1. The molecule has 0 aliphatic carbocycles. The minimum Gasteiger partial charge on any atom is -0.492 e. The lowest BCUT2D eigenvalue weighted by Crippen LogP contribution is -2.13. The van der Waals surface area contributed by atoms with E-state index in [-0.39, 0.29) is 12.0 Å². The molecule has 2 aromatic rings. The number of nitrogens with zero attached hydrogens (tertiary/aromatic N) is 1. The van der Waals surface area contributed by atoms with Gasteiger partial charge in [0, 0.05) is 23.4 Å². The van der Waals surface area contributed by atoms with Gasteiger partial charge in [0.05, 0.1) is 17.3 Å². The van der Waals surface area contributed by atoms with Crippen molar-refractivity contribution in [3.05, 3.63) is 33.8 Å². The number of rotatable bonds is 4. The summed E-state index contributed by atoms with van der Waals surface area (Å²) < 4.78 is 11.4. The highest BCUT2D eigenvalue weighted by Gasteiger charge is 2.23. The summed E-state index contributed by atoms with van der Waals surface area (Å²) in [5.41, 5.74) is 2.14. The van der Waals surface area contributed by atoms with Gasteiger partial charge in [-0.3, -0.25) is 4.79 Å². The van der Waals surface area contributed by atoms with Crippen LogP contribution >= 0.6 is 11.3 Å². The minimum absolute atomic E-state index is 0.150. The predicted molar refractivity (Wildman–Crippen MR) is 86.2 cm³/mol. The van der Waals surface area contributed by atoms with Crippen molar-refractivity contribution in [1.82, 2.24) is 4.98 Å². The number of nitrogens with one attached hydrogen (secondary N) is 1. The van der Waals surface area contributed by atoms with Gasteiger partial charge in [-0.2, -0.15) is 0 Å². The second-order valence-corrected chi connectivity index (χ2v) is 6.29. The maximum absolute atomic E-state index is 12.3. The first-order valence-electron chi connectivity index (χ1n) is 7.26. The highest BCUT2D eigenvalue weighted by atomic mass is 32.1. The van der Waals surface area contributed by atoms with Crippen LogP contribution in [0.3, 0.4) is 0 Å². The molecule has 2 heterocycles. The van der Waals surface area contributed by atoms with E-state index in [9.17, 15) is 4.79 Å². The zero-order chi connectivity index (χ0) is 15.7. The third-order valence-corrected chi connectivity index (χ3v) is 4.17. The molecule has 1 unspecified atom stereocenters. The Morgan fingerprint density at radius 3 is 3.05 bits per heavy atom. The Labute approximate surface area is 133 Å². The SMILES string of the molecule is CCOc1cc2c(cc1NC(=O)c1csc(C)n1)OC(C)C2. The Balaban J connectivity index is 1.89. The molecule has 1 atom stereocenters. The van der Waals surface area contributed by atoms with Gasteiger partial charge in [0.2, 0.25) is 0 Å². The molecule has 1 aliphatic heterocycles. The highest BCUT2D eigenvalue weighted by Crippen LogP contribution is 2.38. The summed E-state index contributed by atoms with van der Waals surface area (Å²) in [5.74, 6) is 1.23. The number of carbonyl (C=O) groups is 1. The van der Waals surface area contributed by atoms with Crippen LogP contribution in [0.5, 0.6) is 11.5 Å². The third-order valence-electron chi connectivity index (χ3n) is 3.40. The summed E-state index contributed by atoms with van der Waals surface area (Å²) in [6.07, 6.45) is 1.01. The van der Waals surface area contributed by atoms with Crippen LogP contribution in [-0.4, -0.2) is 23.6 Å². The zero-order valence-corrected chi connectivity index (χ0v) is 13.6. The molecular formula is C16H18N2O3S. The number of hydrogen-bond acceptors (Lipinski definition) is 5. The smallest absolute Gasteiger partial charge is 0.275 e. The topological polar surface area (TPSA) is 60.5 Å². The van der Waals surface area contributed by atoms with Crippen LogP contribution in [0.1, 0.15) is 34.9 Å². The number of aryl methyl sites for hydroxylation is 1. The number of ether oxygens (including phenoxy) is 2. The third kappa shape index (κ3) is 2.92. The van der Waals surface area contributed by atoms with Crippen molar-refractivity contribution < 1.29 is 14.3 Å². The van der Waals surface area contributed by atoms with E-state index in [0.29, 0.717) is 23.7 Å². The van der Waals surface area contributed by atoms with Crippen molar-refractivity contribution in [2.75, 3.05) is 11.9 Å². The molecule has 6 heteroatoms. The summed E-state index contributed by atoms with van der Waals surface area (Å²) in [5, 5.41) is 5.48. The van der Waals surface area contributed by atoms with Gasteiger partial charge in [-0.05, 0) is 26.8 Å². The van der Waals surface area contributed by atoms with Crippen LogP contribution < -0.4 is 14.8 Å². The fraction of sp³-hybridized carbons (Fsp3) is 0.375. The molecule has 0 fully saturated rings. The monoisotopic (exact) mass is 318 g/mol. The molecule has 1 amide bonds. The summed E-state index contributed by atoms with van der Waals surface area (Å²) in [7, 11) is 0. The second-order valence-electron chi connectivity index (χ2n) is 5.23. The van der Waals surface area contributed by atoms with Gasteiger partial charge >= 0.3 is 0 Å². The van der Waals surface area contributed by atoms with Crippen LogP contribution in [0.15, 0.2) is 17.5 Å². The highest BCUT2D eigenvalue weighted by molar-refractivity contribution is 7.09. The number of thiazole rings is 1. The first-order valence-corrected chi connectivity index (χ1v) is 8.14. The maximum atomic E-state index is 12.3. The first-order chi connectivity index (χ1) is 10.6. The van der Waals surface area contributed by atoms with E-state index in [1.165, 1.54) is 11.3 Å². The Hall–Kier alpha value is -2.08. The number of benzene rings is 1. The number of amides is 1. The molecule has 3 rings (SSSR count). The lowest BCUT2D eigenvalue weighted by atomic mass is 10.1. The van der Waals surface area contributed by atoms with Gasteiger partial charge in [-0.25, -0.2) is 4.98 Å². The van der Waals surface area contributed by atoms with Crippen LogP contribution in [-0.2, 0) is 6.42 Å². The molecule has 1 aliphatic rings. The van der Waals surface area contributed by atoms with Crippen molar-refractivity contribution in [3.63, 3.8) is 0 Å². The summed E-state index contributed by atoms with van der Waals surface area (Å²) in [4.78, 5) is 16.5. The summed E-state index contributed by atoms with van der Waals surface area (Å²) >= 11 is 1.45. The van der Waals surface area contributed by atoms with Gasteiger partial charge in [0.1, 0.15) is 23.3 Å². The number of anilines is 1. The number of carbonyl (C=O) groups excluding carboxylic acids is 1. The molecule has 0 saturated carbocycles. The molecule has 1 N–H and O–H groups in total. The molecule has 116 valence electrons. The first kappa shape index (κ1) is 14.8. The largest absolute Gasteiger partial charge is 0.492 e. The fourth-order valence-electron chi connectivity index (χ4n) is 2.47. The Morgan fingerprint density at radius 1 is 1.55 bits per heavy atom. The van der Waals surface area contributed by atoms with Crippen molar-refractivity contribution in [3.8, 4) is 11.5 Å². The van der Waals surface area contributed by atoms with Crippen molar-refractivity contribution in [1.29, 1.82) is 0 Å². The Bertz CT molecular complexity index is 711. The van der Waals surface area contributed by atoms with Crippen LogP contribution in [0.25, 0.3) is 0 Å². The lowest BCUT2D eigenvalue weighted by molar-refractivity contribution is 0.102. The molecule has 5 nitrogen and oxygen atoms in total. The zero-order valence-electron chi connectivity index (χ0n) is 12.8. The van der Waals surface area contributed by atoms with Gasteiger partial charge in [-0.15, -0.1) is 11.3 Å². The van der Waals surface area contributed by atoms with E-state index < -0.39 is 0 Å². The van der Waals surface area contributed by atoms with Gasteiger partial charge < -0.3 is 14.8 Å². The normalized spacial score (nSPS) is 16.0. The van der Waals surface area contributed by atoms with E-state index in [0.717, 1.165) is 22.7 Å². The molecule has 0 saturated heterocycles. The van der Waals surface area contributed by atoms with Gasteiger partial charge in [0.25, 0.3) is 5.91 Å². The fourth-order valence-corrected chi connectivity index (χ4v) is 3.06. The minimum atomic E-state index is -0.240. The molecule has 1 aromatic carbocycles. The predicted octanol–water partition coefficient (Wildman–Crippen LogP) is 3.43. The second kappa shape index (κ2) is 5.96. The number of aromatic nitrogens is 1. The average Bonchev–Trinajstić information content (AvgIpc) is 3.04. The van der Waals surface area contributed by atoms with E-state index >= 15 is 0 Å². The van der Waals surface area contributed by atoms with Crippen LogP contribution in [0.4, 0.5) is 5.69 Å². The van der Waals surface area contributed by atoms with Crippen LogP contribution in [0, 0.1) is 6.92 Å². The van der Waals surface area contributed by atoms with E-state index in [1.54, 1.807) is 5.38 Å². The average molecular weight is 318 g/mol. The molecule has 0 radical (unpaired) electrons. The van der Waals surface area contributed by atoms with Crippen LogP contribution in [0.2, 0.25) is 0 Å². The Morgan fingerprint density at radius 2 is 2.36 bits per heavy atom. The standard InChI is InChI=1S/C16H18N2O3S/c1-4-20-15-6-11-5-9(2)21-14(11)7-12(15)18-16(19)13-8-22-10(3)17-13/h6-9H,4-5H2,1-3H3,(H,18,19). The number of hydrogen-bond donors (Lipinski definition) is 1. The molecule has 1 aromatic heterocycles. The van der Waals surface area contributed by atoms with E-state index in [4.69, 9.17) is 9.47 Å². The van der Waals surface area contributed by atoms with Crippen molar-refractivity contribution in [2.45, 2.75) is 33.3 Å². The molecule has 0 bridgehead atoms. The quantitative estimate of drug-likeness (QED) is 0.938. The van der Waals surface area contributed by atoms with Crippen molar-refractivity contribution >= 4 is 22.9 Å². The lowest BCUT2D eigenvalue weighted by Gasteiger charge is -2.13.